The lowest BCUT2D eigenvalue weighted by Crippen LogP contribution is -2.35. The first kappa shape index (κ1) is 72.9. The van der Waals surface area contributed by atoms with Crippen LogP contribution in [0, 0.1) is 0 Å². The molecule has 96 heavy (non-hydrogen) atoms. The average molecular weight is 1430 g/mol. The lowest BCUT2D eigenvalue weighted by molar-refractivity contribution is -0.143. The summed E-state index contributed by atoms with van der Waals surface area (Å²) in [4.78, 5) is 56.4. The number of hydrogen-bond donors (Lipinski definition) is 16. The van der Waals surface area contributed by atoms with Gasteiger partial charge in [-0.2, -0.15) is 33.7 Å². The maximum atomic E-state index is 13.1. The molecule has 4 aromatic rings. The molecule has 0 radical (unpaired) electrons. The quantitative estimate of drug-likeness (QED) is 0.0446. The standard InChI is InChI=1S/C60H76N4O28S4/c65-49-33-21-34(50(66)41(49)25-61-13-1-5-45(61)57(73)74)30(10-18-94(84,85)86)36-23-38(54(70)43(52(36)68)27-63-15-3-7-47(63)59(77)78)32(12-20-96(90,91)92)40-24-39(55(71)44(56(40)72)28-64-16-4-8-48(64)60(79)80)31(11-19-95(87,88)89)37-22-35(29(33)9-17-93(81,82)83)51(67)42(53(37)69)26-62-14-2-6-46(62)58(75)76/h21-24,29-32,45-48,65-72H,1-20,25-28H2,(H,73,74)(H,75,76)(H,77,78)(H,79,80)(H,81,82,83)(H,84,85,86)(H,87,88,89)(H,90,91,92). The van der Waals surface area contributed by atoms with E-state index in [-0.39, 0.29) is 77.5 Å². The van der Waals surface area contributed by atoms with Crippen LogP contribution in [0.3, 0.4) is 0 Å². The average Bonchev–Trinajstić information content (AvgIpc) is 1.30. The highest BCUT2D eigenvalue weighted by Gasteiger charge is 2.43. The molecule has 0 saturated carbocycles. The van der Waals surface area contributed by atoms with E-state index in [9.17, 15) is 132 Å². The molecule has 32 nitrogen and oxygen atoms in total. The summed E-state index contributed by atoms with van der Waals surface area (Å²) in [5.41, 5.74) is -7.30. The Morgan fingerprint density at radius 2 is 0.469 bits per heavy atom. The van der Waals surface area contributed by atoms with E-state index in [4.69, 9.17) is 0 Å². The molecule has 9 rings (SSSR count). The van der Waals surface area contributed by atoms with E-state index in [1.54, 1.807) is 0 Å². The molecule has 4 aromatic carbocycles. The van der Waals surface area contributed by atoms with Crippen molar-refractivity contribution < 1.29 is 132 Å². The predicted octanol–water partition coefficient (Wildman–Crippen LogP) is 3.48. The van der Waals surface area contributed by atoms with Crippen molar-refractivity contribution in [2.45, 2.75) is 151 Å². The molecule has 0 amide bonds. The summed E-state index contributed by atoms with van der Waals surface area (Å²) < 4.78 is 147. The molecule has 4 saturated heterocycles. The number of nitrogens with zero attached hydrogens (tertiary/aromatic N) is 4. The molecule has 36 heteroatoms. The maximum absolute atomic E-state index is 13.1. The van der Waals surface area contributed by atoms with Gasteiger partial charge in [-0.1, -0.05) is 0 Å². The second-order valence-electron chi connectivity index (χ2n) is 25.3. The molecule has 1 aliphatic carbocycles. The molecule has 4 heterocycles. The van der Waals surface area contributed by atoms with Gasteiger partial charge in [0, 0.05) is 94.4 Å². The van der Waals surface area contributed by atoms with Gasteiger partial charge in [-0.05, 0) is 127 Å². The van der Waals surface area contributed by atoms with E-state index in [0.29, 0.717) is 0 Å². The summed E-state index contributed by atoms with van der Waals surface area (Å²) in [6.07, 6.45) is -3.03. The van der Waals surface area contributed by atoms with Crippen molar-refractivity contribution in [3.63, 3.8) is 0 Å². The Hall–Kier alpha value is -7.36. The number of phenols is 8. The SMILES string of the molecule is O=C(O)C1CCCN1Cc1c(O)c2cc(c1O)C(CCS(=O)(=O)O)c1cc(c(O)c(CN3CCCC3C(=O)O)c1O)C(CCS(=O)(=O)O)c1cc(c(O)c(CN3CCCC3C(=O)O)c1O)C(CCS(=O)(=O)O)c1cc(c(O)c(CN3CCCC3C(=O)O)c1O)C2CCS(=O)(=O)O. The topological polar surface area (TPSA) is 541 Å². The molecule has 528 valence electrons. The monoisotopic (exact) mass is 1430 g/mol. The van der Waals surface area contributed by atoms with Gasteiger partial charge in [0.2, 0.25) is 0 Å². The first-order valence-corrected chi connectivity index (χ1v) is 37.2. The van der Waals surface area contributed by atoms with Crippen LogP contribution < -0.4 is 0 Å². The number of benzene rings is 4. The minimum Gasteiger partial charge on any atom is -0.507 e. The highest BCUT2D eigenvalue weighted by molar-refractivity contribution is 7.86. The molecular formula is C60H76N4O28S4. The van der Waals surface area contributed by atoms with E-state index >= 15 is 0 Å². The fourth-order valence-electron chi connectivity index (χ4n) is 14.8. The Labute approximate surface area is 550 Å². The number of carboxylic acid groups (broad SMARTS) is 4. The number of aliphatic carboxylic acids is 4. The number of carbonyl (C=O) groups is 4. The van der Waals surface area contributed by atoms with Crippen LogP contribution >= 0.6 is 0 Å². The molecule has 5 aliphatic rings. The molecule has 0 spiro atoms. The molecule has 4 atom stereocenters. The largest absolute Gasteiger partial charge is 0.507 e. The van der Waals surface area contributed by atoms with Crippen molar-refractivity contribution >= 4 is 64.3 Å². The third-order valence-electron chi connectivity index (χ3n) is 19.4. The van der Waals surface area contributed by atoms with Crippen molar-refractivity contribution in [2.24, 2.45) is 0 Å². The Bertz CT molecular complexity index is 3580. The predicted molar refractivity (Wildman–Crippen MR) is 335 cm³/mol. The number of likely N-dealkylation sites (tertiary alicyclic amines) is 4. The van der Waals surface area contributed by atoms with Crippen LogP contribution in [-0.2, 0) is 85.8 Å². The van der Waals surface area contributed by atoms with Crippen molar-refractivity contribution in [3.05, 3.63) is 91.0 Å². The summed E-state index contributed by atoms with van der Waals surface area (Å²) in [7, 11) is -20.8. The fourth-order valence-corrected chi connectivity index (χ4v) is 16.9. The highest BCUT2D eigenvalue weighted by Crippen LogP contribution is 2.56. The lowest BCUT2D eigenvalue weighted by Gasteiger charge is -2.33. The molecule has 0 aromatic heterocycles. The second kappa shape index (κ2) is 28.2. The van der Waals surface area contributed by atoms with Gasteiger partial charge in [-0.3, -0.25) is 57.0 Å². The Morgan fingerprint density at radius 1 is 0.312 bits per heavy atom. The second-order valence-corrected chi connectivity index (χ2v) is 31.6. The van der Waals surface area contributed by atoms with Gasteiger partial charge in [0.25, 0.3) is 40.5 Å². The van der Waals surface area contributed by atoms with Crippen molar-refractivity contribution in [1.82, 2.24) is 19.6 Å². The number of rotatable bonds is 24. The first-order valence-electron chi connectivity index (χ1n) is 30.7. The van der Waals surface area contributed by atoms with Crippen LogP contribution in [-0.4, -0.2) is 230 Å². The fraction of sp³-hybridized carbons (Fsp3) is 0.533. The molecule has 4 aliphatic heterocycles. The van der Waals surface area contributed by atoms with E-state index in [1.165, 1.54) is 19.6 Å². The number of carboxylic acids is 4. The summed E-state index contributed by atoms with van der Waals surface area (Å²) in [6, 6.07) is -1.64. The van der Waals surface area contributed by atoms with E-state index in [1.807, 2.05) is 0 Å². The minimum absolute atomic E-state index is 0.00398. The van der Waals surface area contributed by atoms with Crippen LogP contribution in [0.2, 0.25) is 0 Å². The summed E-state index contributed by atoms with van der Waals surface area (Å²) in [5.74, 6) is -26.9. The van der Waals surface area contributed by atoms with Crippen LogP contribution in [0.4, 0.5) is 0 Å². The Kier molecular flexibility index (Phi) is 21.4. The molecule has 8 bridgehead atoms. The summed E-state index contributed by atoms with van der Waals surface area (Å²) >= 11 is 0. The van der Waals surface area contributed by atoms with Crippen molar-refractivity contribution in [2.75, 3.05) is 49.2 Å². The van der Waals surface area contributed by atoms with E-state index < -0.39 is 300 Å². The third kappa shape index (κ3) is 15.8. The maximum Gasteiger partial charge on any atom is 0.320 e. The number of aromatic hydroxyl groups is 8. The summed E-state index contributed by atoms with van der Waals surface area (Å²) in [6.45, 7) is -3.13. The zero-order valence-corrected chi connectivity index (χ0v) is 54.6. The van der Waals surface area contributed by atoms with Crippen LogP contribution in [0.15, 0.2) is 24.3 Å². The van der Waals surface area contributed by atoms with Gasteiger partial charge in [0.1, 0.15) is 70.2 Å². The van der Waals surface area contributed by atoms with E-state index in [0.717, 1.165) is 24.3 Å². The van der Waals surface area contributed by atoms with Gasteiger partial charge in [-0.25, -0.2) is 0 Å². The van der Waals surface area contributed by atoms with Gasteiger partial charge in [0.15, 0.2) is 0 Å². The van der Waals surface area contributed by atoms with Crippen LogP contribution in [0.1, 0.15) is 167 Å². The zero-order valence-electron chi connectivity index (χ0n) is 51.4. The van der Waals surface area contributed by atoms with Crippen molar-refractivity contribution in [3.8, 4) is 46.0 Å². The zero-order chi connectivity index (χ0) is 70.6. The smallest absolute Gasteiger partial charge is 0.320 e. The number of fused-ring (bicyclic) bond motifs is 8. The van der Waals surface area contributed by atoms with Gasteiger partial charge < -0.3 is 61.3 Å². The first-order chi connectivity index (χ1) is 44.7. The molecule has 4 unspecified atom stereocenters. The van der Waals surface area contributed by atoms with Crippen LogP contribution in [0.25, 0.3) is 0 Å². The third-order valence-corrected chi connectivity index (χ3v) is 22.4. The number of phenolic OH excluding ortho intramolecular Hbond substituents is 8. The van der Waals surface area contributed by atoms with Gasteiger partial charge >= 0.3 is 23.9 Å². The minimum atomic E-state index is -5.19. The molecule has 4 fully saturated rings. The molecule has 16 N–H and O–H groups in total. The number of hydrogen-bond acceptors (Lipinski definition) is 24. The Balaban J connectivity index is 1.54. The van der Waals surface area contributed by atoms with E-state index in [2.05, 4.69) is 0 Å². The van der Waals surface area contributed by atoms with Crippen LogP contribution in [0.5, 0.6) is 46.0 Å². The van der Waals surface area contributed by atoms with Gasteiger partial charge in [-0.15, -0.1) is 0 Å². The van der Waals surface area contributed by atoms with Gasteiger partial charge in [0.05, 0.1) is 45.3 Å². The summed E-state index contributed by atoms with van der Waals surface area (Å²) in [5, 5.41) is 145. The normalized spacial score (nSPS) is 23.2. The highest BCUT2D eigenvalue weighted by atomic mass is 32.2. The molecular weight excluding hydrogens is 1350 g/mol. The Morgan fingerprint density at radius 3 is 0.604 bits per heavy atom. The van der Waals surface area contributed by atoms with Crippen molar-refractivity contribution in [1.29, 1.82) is 0 Å². The lowest BCUT2D eigenvalue weighted by atomic mass is 9.75.